The Morgan fingerprint density at radius 3 is 2.72 bits per heavy atom. The summed E-state index contributed by atoms with van der Waals surface area (Å²) in [6.45, 7) is 1.98. The van der Waals surface area contributed by atoms with E-state index < -0.39 is 0 Å². The first-order valence-corrected chi connectivity index (χ1v) is 6.18. The van der Waals surface area contributed by atoms with Crippen molar-refractivity contribution >= 4 is 44.7 Å². The molecule has 5 heteroatoms. The van der Waals surface area contributed by atoms with Crippen molar-refractivity contribution in [3.8, 4) is 0 Å². The molecule has 1 aromatic carbocycles. The third kappa shape index (κ3) is 1.61. The van der Waals surface area contributed by atoms with E-state index in [1.165, 1.54) is 23.2 Å². The fourth-order valence-electron chi connectivity index (χ4n) is 2.20. The van der Waals surface area contributed by atoms with Gasteiger partial charge in [-0.3, -0.25) is 4.79 Å². The molecule has 2 aromatic heterocycles. The summed E-state index contributed by atoms with van der Waals surface area (Å²) in [6, 6.07) is 7.99. The molecule has 3 aromatic rings. The molecule has 0 N–H and O–H groups in total. The number of rotatable bonds is 1. The van der Waals surface area contributed by atoms with Crippen LogP contribution in [0.4, 0.5) is 0 Å². The standard InChI is InChI=1S/C13H11NO2S.ClH/c1-8-4-3-5-9-10-6-7-17-12(10)13(15)14(16-2)11(8)9;/h3-7H,1-2H3;1H. The smallest absolute Gasteiger partial charge is 0.301 e. The van der Waals surface area contributed by atoms with E-state index >= 15 is 0 Å². The number of hydrogen-bond acceptors (Lipinski definition) is 3. The van der Waals surface area contributed by atoms with Crippen molar-refractivity contribution in [2.24, 2.45) is 0 Å². The zero-order valence-corrected chi connectivity index (χ0v) is 11.6. The summed E-state index contributed by atoms with van der Waals surface area (Å²) in [4.78, 5) is 17.5. The van der Waals surface area contributed by atoms with Crippen LogP contribution in [-0.2, 0) is 0 Å². The summed E-state index contributed by atoms with van der Waals surface area (Å²) in [6.07, 6.45) is 0. The van der Waals surface area contributed by atoms with Crippen LogP contribution in [0.3, 0.4) is 0 Å². The quantitative estimate of drug-likeness (QED) is 0.687. The molecule has 0 fully saturated rings. The van der Waals surface area contributed by atoms with E-state index in [2.05, 4.69) is 0 Å². The van der Waals surface area contributed by atoms with Crippen molar-refractivity contribution in [1.82, 2.24) is 4.73 Å². The maximum absolute atomic E-state index is 12.2. The van der Waals surface area contributed by atoms with Gasteiger partial charge in [-0.1, -0.05) is 18.2 Å². The summed E-state index contributed by atoms with van der Waals surface area (Å²) in [5.41, 5.74) is 1.81. The molecule has 0 unspecified atom stereocenters. The lowest BCUT2D eigenvalue weighted by Gasteiger charge is -2.11. The van der Waals surface area contributed by atoms with Gasteiger partial charge in [0.2, 0.25) is 0 Å². The average Bonchev–Trinajstić information content (AvgIpc) is 2.80. The minimum atomic E-state index is -0.0840. The molecule has 18 heavy (non-hydrogen) atoms. The van der Waals surface area contributed by atoms with Gasteiger partial charge in [-0.25, -0.2) is 0 Å². The van der Waals surface area contributed by atoms with Gasteiger partial charge in [-0.15, -0.1) is 28.5 Å². The van der Waals surface area contributed by atoms with Crippen molar-refractivity contribution < 1.29 is 4.84 Å². The zero-order chi connectivity index (χ0) is 12.0. The van der Waals surface area contributed by atoms with Gasteiger partial charge in [-0.05, 0) is 23.9 Å². The SMILES string of the molecule is COn1c(=O)c2sccc2c2cccc(C)c21.Cl. The van der Waals surface area contributed by atoms with Gasteiger partial charge in [0.25, 0.3) is 0 Å². The van der Waals surface area contributed by atoms with Crippen molar-refractivity contribution in [2.75, 3.05) is 7.11 Å². The van der Waals surface area contributed by atoms with E-state index in [4.69, 9.17) is 4.84 Å². The zero-order valence-electron chi connectivity index (χ0n) is 9.97. The van der Waals surface area contributed by atoms with Crippen LogP contribution in [0, 0.1) is 6.92 Å². The minimum absolute atomic E-state index is 0. The first-order chi connectivity index (χ1) is 8.24. The van der Waals surface area contributed by atoms with Crippen LogP contribution in [0.1, 0.15) is 5.56 Å². The fraction of sp³-hybridized carbons (Fsp3) is 0.154. The summed E-state index contributed by atoms with van der Waals surface area (Å²) >= 11 is 1.45. The number of benzene rings is 1. The number of para-hydroxylation sites is 1. The second kappa shape index (κ2) is 4.63. The van der Waals surface area contributed by atoms with Crippen molar-refractivity contribution in [3.63, 3.8) is 0 Å². The summed E-state index contributed by atoms with van der Waals surface area (Å²) < 4.78 is 2.12. The van der Waals surface area contributed by atoms with Crippen LogP contribution in [0.2, 0.25) is 0 Å². The maximum atomic E-state index is 12.2. The number of halogens is 1. The maximum Gasteiger partial charge on any atom is 0.301 e. The van der Waals surface area contributed by atoms with Gasteiger partial charge in [-0.2, -0.15) is 0 Å². The Balaban J connectivity index is 0.00000120. The molecule has 3 nitrogen and oxygen atoms in total. The number of pyridine rings is 1. The van der Waals surface area contributed by atoms with Crippen molar-refractivity contribution in [2.45, 2.75) is 6.92 Å². The van der Waals surface area contributed by atoms with Gasteiger partial charge >= 0.3 is 5.56 Å². The van der Waals surface area contributed by atoms with Crippen LogP contribution in [0.25, 0.3) is 21.0 Å². The highest BCUT2D eigenvalue weighted by Crippen LogP contribution is 2.27. The lowest BCUT2D eigenvalue weighted by atomic mass is 10.1. The molecule has 0 aliphatic heterocycles. The van der Waals surface area contributed by atoms with Gasteiger partial charge < -0.3 is 4.84 Å². The van der Waals surface area contributed by atoms with Crippen molar-refractivity contribution in [3.05, 3.63) is 45.6 Å². The number of nitrogens with zero attached hydrogens (tertiary/aromatic N) is 1. The number of thiophene rings is 1. The van der Waals surface area contributed by atoms with Crippen molar-refractivity contribution in [1.29, 1.82) is 0 Å². The Hall–Kier alpha value is -1.52. The van der Waals surface area contributed by atoms with Crippen LogP contribution in [0.15, 0.2) is 34.4 Å². The number of aromatic nitrogens is 1. The molecule has 94 valence electrons. The van der Waals surface area contributed by atoms with Gasteiger partial charge in [0.1, 0.15) is 11.8 Å². The summed E-state index contributed by atoms with van der Waals surface area (Å²) in [5.74, 6) is 0. The molecule has 0 atom stereocenters. The van der Waals surface area contributed by atoms with Gasteiger partial charge in [0.05, 0.1) is 5.52 Å². The minimum Gasteiger partial charge on any atom is -0.413 e. The predicted molar refractivity (Wildman–Crippen MR) is 78.1 cm³/mol. The Labute approximate surface area is 114 Å². The summed E-state index contributed by atoms with van der Waals surface area (Å²) in [5, 5.41) is 4.00. The van der Waals surface area contributed by atoms with Crippen LogP contribution < -0.4 is 10.4 Å². The lowest BCUT2D eigenvalue weighted by Crippen LogP contribution is -2.25. The third-order valence-corrected chi connectivity index (χ3v) is 3.86. The van der Waals surface area contributed by atoms with E-state index in [0.29, 0.717) is 0 Å². The molecule has 0 radical (unpaired) electrons. The first-order valence-electron chi connectivity index (χ1n) is 5.30. The van der Waals surface area contributed by atoms with Gasteiger partial charge in [0, 0.05) is 10.8 Å². The Morgan fingerprint density at radius 2 is 2.00 bits per heavy atom. The normalized spacial score (nSPS) is 10.6. The topological polar surface area (TPSA) is 31.2 Å². The first kappa shape index (κ1) is 12.9. The average molecular weight is 282 g/mol. The molecule has 0 saturated carbocycles. The molecule has 3 rings (SSSR count). The summed E-state index contributed by atoms with van der Waals surface area (Å²) in [7, 11) is 1.52. The van der Waals surface area contributed by atoms with Crippen LogP contribution in [-0.4, -0.2) is 11.8 Å². The van der Waals surface area contributed by atoms with Crippen LogP contribution >= 0.6 is 23.7 Å². The third-order valence-electron chi connectivity index (χ3n) is 2.96. The van der Waals surface area contributed by atoms with Crippen LogP contribution in [0.5, 0.6) is 0 Å². The second-order valence-corrected chi connectivity index (χ2v) is 4.83. The molecule has 0 aliphatic carbocycles. The number of fused-ring (bicyclic) bond motifs is 3. The van der Waals surface area contributed by atoms with E-state index in [0.717, 1.165) is 26.6 Å². The second-order valence-electron chi connectivity index (χ2n) is 3.92. The lowest BCUT2D eigenvalue weighted by molar-refractivity contribution is 0.170. The van der Waals surface area contributed by atoms with E-state index in [-0.39, 0.29) is 18.0 Å². The number of hydrogen-bond donors (Lipinski definition) is 0. The van der Waals surface area contributed by atoms with E-state index in [1.54, 1.807) is 0 Å². The molecule has 0 amide bonds. The highest BCUT2D eigenvalue weighted by atomic mass is 35.5. The largest absolute Gasteiger partial charge is 0.413 e. The molecule has 2 heterocycles. The predicted octanol–water partition coefficient (Wildman–Crippen LogP) is 3.00. The molecule has 0 saturated heterocycles. The highest BCUT2D eigenvalue weighted by Gasteiger charge is 2.13. The highest BCUT2D eigenvalue weighted by molar-refractivity contribution is 7.17. The van der Waals surface area contributed by atoms with Gasteiger partial charge in [0.15, 0.2) is 0 Å². The Kier molecular flexibility index (Phi) is 3.32. The van der Waals surface area contributed by atoms with E-state index in [9.17, 15) is 4.79 Å². The molecular formula is C13H12ClNO2S. The Bertz CT molecular complexity index is 776. The van der Waals surface area contributed by atoms with E-state index in [1.807, 2.05) is 36.6 Å². The number of aryl methyl sites for hydroxylation is 1. The molecule has 0 bridgehead atoms. The molecule has 0 aliphatic rings. The molecule has 0 spiro atoms. The monoisotopic (exact) mass is 281 g/mol. The molecular weight excluding hydrogens is 270 g/mol. The fourth-order valence-corrected chi connectivity index (χ4v) is 3.03. The Morgan fingerprint density at radius 1 is 1.22 bits per heavy atom.